The highest BCUT2D eigenvalue weighted by Gasteiger charge is 1.96. The first-order valence-electron chi connectivity index (χ1n) is 5.05. The van der Waals surface area contributed by atoms with E-state index in [1.54, 1.807) is 7.11 Å². The Morgan fingerprint density at radius 3 is 2.93 bits per heavy atom. The minimum Gasteiger partial charge on any atom is -0.387 e. The van der Waals surface area contributed by atoms with Crippen molar-refractivity contribution < 1.29 is 4.74 Å². The third-order valence-electron chi connectivity index (χ3n) is 2.08. The van der Waals surface area contributed by atoms with E-state index in [-0.39, 0.29) is 0 Å². The van der Waals surface area contributed by atoms with E-state index < -0.39 is 0 Å². The van der Waals surface area contributed by atoms with Crippen molar-refractivity contribution in [2.75, 3.05) is 20.3 Å². The standard InChI is InChI=1S/C12H18N2O/c1-10-4-3-5-11(8-10)9-12(13)14-6-7-15-2/h3-5,8H,6-7,9H2,1-2H3,(H2,13,14). The van der Waals surface area contributed by atoms with Crippen LogP contribution in [0.5, 0.6) is 0 Å². The van der Waals surface area contributed by atoms with Crippen LogP contribution in [0.25, 0.3) is 0 Å². The van der Waals surface area contributed by atoms with Crippen molar-refractivity contribution in [3.8, 4) is 0 Å². The molecule has 0 saturated carbocycles. The summed E-state index contributed by atoms with van der Waals surface area (Å²) in [4.78, 5) is 4.21. The molecular weight excluding hydrogens is 188 g/mol. The van der Waals surface area contributed by atoms with Crippen molar-refractivity contribution in [2.24, 2.45) is 10.7 Å². The molecule has 3 heteroatoms. The fraction of sp³-hybridized carbons (Fsp3) is 0.417. The smallest absolute Gasteiger partial charge is 0.0982 e. The molecule has 3 nitrogen and oxygen atoms in total. The van der Waals surface area contributed by atoms with Crippen LogP contribution in [0.3, 0.4) is 0 Å². The van der Waals surface area contributed by atoms with Gasteiger partial charge < -0.3 is 10.5 Å². The molecule has 0 atom stereocenters. The highest BCUT2D eigenvalue weighted by Crippen LogP contribution is 2.04. The van der Waals surface area contributed by atoms with Crippen LogP contribution in [0, 0.1) is 6.92 Å². The van der Waals surface area contributed by atoms with E-state index in [4.69, 9.17) is 10.5 Å². The maximum atomic E-state index is 5.79. The highest BCUT2D eigenvalue weighted by atomic mass is 16.5. The Balaban J connectivity index is 2.50. The van der Waals surface area contributed by atoms with Gasteiger partial charge in [0, 0.05) is 13.5 Å². The van der Waals surface area contributed by atoms with Crippen LogP contribution in [0.1, 0.15) is 11.1 Å². The Morgan fingerprint density at radius 2 is 2.27 bits per heavy atom. The topological polar surface area (TPSA) is 47.6 Å². The molecular formula is C12H18N2O. The molecule has 0 heterocycles. The van der Waals surface area contributed by atoms with E-state index in [9.17, 15) is 0 Å². The van der Waals surface area contributed by atoms with Crippen LogP contribution < -0.4 is 5.73 Å². The molecule has 0 amide bonds. The number of aryl methyl sites for hydroxylation is 1. The molecule has 0 aromatic heterocycles. The third kappa shape index (κ3) is 4.61. The summed E-state index contributed by atoms with van der Waals surface area (Å²) in [6.07, 6.45) is 0.714. The summed E-state index contributed by atoms with van der Waals surface area (Å²) in [5.74, 6) is 0.664. The van der Waals surface area contributed by atoms with Crippen LogP contribution in [0.15, 0.2) is 29.3 Å². The largest absolute Gasteiger partial charge is 0.387 e. The first-order chi connectivity index (χ1) is 7.22. The van der Waals surface area contributed by atoms with E-state index in [0.717, 1.165) is 0 Å². The van der Waals surface area contributed by atoms with Gasteiger partial charge in [0.05, 0.1) is 19.0 Å². The molecule has 0 unspecified atom stereocenters. The van der Waals surface area contributed by atoms with E-state index >= 15 is 0 Å². The van der Waals surface area contributed by atoms with Crippen LogP contribution in [0.4, 0.5) is 0 Å². The Kier molecular flexibility index (Phi) is 4.84. The lowest BCUT2D eigenvalue weighted by Gasteiger charge is -2.02. The van der Waals surface area contributed by atoms with Crippen molar-refractivity contribution >= 4 is 5.84 Å². The van der Waals surface area contributed by atoms with Gasteiger partial charge in [-0.15, -0.1) is 0 Å². The minimum atomic E-state index is 0.620. The predicted octanol–water partition coefficient (Wildman–Crippen LogP) is 1.54. The molecule has 0 aliphatic heterocycles. The lowest BCUT2D eigenvalue weighted by atomic mass is 10.1. The zero-order valence-corrected chi connectivity index (χ0v) is 9.36. The number of nitrogens with zero attached hydrogens (tertiary/aromatic N) is 1. The minimum absolute atomic E-state index is 0.620. The molecule has 0 spiro atoms. The van der Waals surface area contributed by atoms with Gasteiger partial charge in [0.1, 0.15) is 0 Å². The number of benzene rings is 1. The molecule has 1 aromatic rings. The van der Waals surface area contributed by atoms with Gasteiger partial charge in [-0.1, -0.05) is 29.8 Å². The molecule has 0 radical (unpaired) electrons. The quantitative estimate of drug-likeness (QED) is 0.451. The molecule has 0 aliphatic rings. The van der Waals surface area contributed by atoms with E-state index in [1.807, 2.05) is 6.07 Å². The monoisotopic (exact) mass is 206 g/mol. The molecule has 15 heavy (non-hydrogen) atoms. The lowest BCUT2D eigenvalue weighted by molar-refractivity contribution is 0.208. The van der Waals surface area contributed by atoms with Crippen LogP contribution >= 0.6 is 0 Å². The van der Waals surface area contributed by atoms with Gasteiger partial charge in [0.25, 0.3) is 0 Å². The Morgan fingerprint density at radius 1 is 1.47 bits per heavy atom. The average Bonchev–Trinajstić information content (AvgIpc) is 2.18. The summed E-state index contributed by atoms with van der Waals surface area (Å²) in [6.45, 7) is 3.32. The number of nitrogens with two attached hydrogens (primary N) is 1. The fourth-order valence-electron chi connectivity index (χ4n) is 1.37. The van der Waals surface area contributed by atoms with Gasteiger partial charge >= 0.3 is 0 Å². The molecule has 0 aliphatic carbocycles. The van der Waals surface area contributed by atoms with Gasteiger partial charge in [0.2, 0.25) is 0 Å². The first-order valence-corrected chi connectivity index (χ1v) is 5.05. The maximum Gasteiger partial charge on any atom is 0.0982 e. The molecule has 0 bridgehead atoms. The van der Waals surface area contributed by atoms with Crippen molar-refractivity contribution in [3.05, 3.63) is 35.4 Å². The van der Waals surface area contributed by atoms with E-state index in [2.05, 4.69) is 30.1 Å². The Bertz CT molecular complexity index is 334. The zero-order chi connectivity index (χ0) is 11.1. The highest BCUT2D eigenvalue weighted by molar-refractivity contribution is 5.82. The van der Waals surface area contributed by atoms with Gasteiger partial charge in [-0.25, -0.2) is 0 Å². The molecule has 1 aromatic carbocycles. The molecule has 0 fully saturated rings. The number of ether oxygens (including phenoxy) is 1. The number of hydrogen-bond donors (Lipinski definition) is 1. The predicted molar refractivity (Wildman–Crippen MR) is 63.2 cm³/mol. The van der Waals surface area contributed by atoms with Crippen LogP contribution in [-0.4, -0.2) is 26.1 Å². The van der Waals surface area contributed by atoms with Crippen molar-refractivity contribution in [3.63, 3.8) is 0 Å². The average molecular weight is 206 g/mol. The van der Waals surface area contributed by atoms with Crippen molar-refractivity contribution in [1.29, 1.82) is 0 Å². The number of hydrogen-bond acceptors (Lipinski definition) is 2. The van der Waals surface area contributed by atoms with Crippen molar-refractivity contribution in [1.82, 2.24) is 0 Å². The van der Waals surface area contributed by atoms with Crippen LogP contribution in [0.2, 0.25) is 0 Å². The summed E-state index contributed by atoms with van der Waals surface area (Å²) in [6, 6.07) is 8.29. The summed E-state index contributed by atoms with van der Waals surface area (Å²) in [5.41, 5.74) is 8.24. The number of aliphatic imine (C=N–C) groups is 1. The summed E-state index contributed by atoms with van der Waals surface area (Å²) < 4.78 is 4.90. The van der Waals surface area contributed by atoms with E-state index in [1.165, 1.54) is 11.1 Å². The number of amidine groups is 1. The second-order valence-electron chi connectivity index (χ2n) is 3.53. The van der Waals surface area contributed by atoms with Gasteiger partial charge in [-0.05, 0) is 12.5 Å². The summed E-state index contributed by atoms with van der Waals surface area (Å²) >= 11 is 0. The maximum absolute atomic E-state index is 5.79. The first kappa shape index (κ1) is 11.7. The Hall–Kier alpha value is -1.35. The fourth-order valence-corrected chi connectivity index (χ4v) is 1.37. The summed E-state index contributed by atoms with van der Waals surface area (Å²) in [5, 5.41) is 0. The molecule has 1 rings (SSSR count). The van der Waals surface area contributed by atoms with Gasteiger partial charge in [-0.2, -0.15) is 0 Å². The normalized spacial score (nSPS) is 11.7. The second-order valence-corrected chi connectivity index (χ2v) is 3.53. The summed E-state index contributed by atoms with van der Waals surface area (Å²) in [7, 11) is 1.66. The lowest BCUT2D eigenvalue weighted by Crippen LogP contribution is -2.16. The van der Waals surface area contributed by atoms with Crippen LogP contribution in [-0.2, 0) is 11.2 Å². The Labute approximate surface area is 91.0 Å². The van der Waals surface area contributed by atoms with Gasteiger partial charge in [-0.3, -0.25) is 4.99 Å². The second kappa shape index (κ2) is 6.19. The number of rotatable bonds is 5. The number of methoxy groups -OCH3 is 1. The zero-order valence-electron chi connectivity index (χ0n) is 9.36. The van der Waals surface area contributed by atoms with E-state index in [0.29, 0.717) is 25.4 Å². The third-order valence-corrected chi connectivity index (χ3v) is 2.08. The molecule has 82 valence electrons. The molecule has 0 saturated heterocycles. The van der Waals surface area contributed by atoms with Gasteiger partial charge in [0.15, 0.2) is 0 Å². The molecule has 2 N–H and O–H groups in total. The van der Waals surface area contributed by atoms with Crippen molar-refractivity contribution in [2.45, 2.75) is 13.3 Å². The SMILES string of the molecule is COCCN=C(N)Cc1cccc(C)c1.